The van der Waals surface area contributed by atoms with E-state index in [2.05, 4.69) is 19.9 Å². The summed E-state index contributed by atoms with van der Waals surface area (Å²) in [5.74, 6) is -1.85. The fraction of sp³-hybridized carbons (Fsp3) is 0.690. The Kier molecular flexibility index (Phi) is 7.18. The van der Waals surface area contributed by atoms with Crippen LogP contribution in [-0.4, -0.2) is 78.8 Å². The molecule has 9 unspecified atom stereocenters. The average molecular weight is 531 g/mol. The first-order valence-corrected chi connectivity index (χ1v) is 13.5. The van der Waals surface area contributed by atoms with E-state index in [0.717, 1.165) is 6.42 Å². The molecule has 9 atom stereocenters. The first-order chi connectivity index (χ1) is 18.0. The molecular formula is C29H38O9. The second-order valence-corrected chi connectivity index (χ2v) is 11.7. The molecule has 5 rings (SSSR count). The van der Waals surface area contributed by atoms with E-state index in [1.165, 1.54) is 17.7 Å². The van der Waals surface area contributed by atoms with Crippen LogP contribution in [0.15, 0.2) is 36.0 Å². The minimum absolute atomic E-state index is 0.0722. The number of ketones is 1. The van der Waals surface area contributed by atoms with Crippen molar-refractivity contribution in [1.82, 2.24) is 0 Å². The molecule has 5 aliphatic rings. The smallest absolute Gasteiger partial charge is 0.331 e. The lowest BCUT2D eigenvalue weighted by molar-refractivity contribution is -0.233. The SMILES string of the molecule is CC1=CC2OC3CC4OC(=O)/C=C\C=C/C(C(C)O)OCC(=O)C(C)CC(=O)OCC2(CC1)C4(C)C31CO1. The molecule has 9 nitrogen and oxygen atoms in total. The van der Waals surface area contributed by atoms with Crippen LogP contribution in [0.1, 0.15) is 53.4 Å². The minimum atomic E-state index is -0.880. The monoisotopic (exact) mass is 530 g/mol. The molecule has 2 aliphatic carbocycles. The maximum atomic E-state index is 13.0. The van der Waals surface area contributed by atoms with Gasteiger partial charge < -0.3 is 28.8 Å². The van der Waals surface area contributed by atoms with Crippen LogP contribution in [0.4, 0.5) is 0 Å². The van der Waals surface area contributed by atoms with Gasteiger partial charge in [-0.2, -0.15) is 0 Å². The second kappa shape index (κ2) is 10.0. The van der Waals surface area contributed by atoms with Gasteiger partial charge >= 0.3 is 11.9 Å². The highest BCUT2D eigenvalue weighted by molar-refractivity contribution is 5.86. The Morgan fingerprint density at radius 1 is 1.13 bits per heavy atom. The second-order valence-electron chi connectivity index (χ2n) is 11.7. The van der Waals surface area contributed by atoms with Gasteiger partial charge in [0.05, 0.1) is 36.8 Å². The molecule has 0 amide bonds. The molecule has 1 saturated carbocycles. The van der Waals surface area contributed by atoms with E-state index in [1.54, 1.807) is 26.0 Å². The molecule has 0 aromatic heterocycles. The van der Waals surface area contributed by atoms with Crippen LogP contribution in [-0.2, 0) is 38.1 Å². The van der Waals surface area contributed by atoms with Crippen LogP contribution in [0.25, 0.3) is 0 Å². The zero-order valence-electron chi connectivity index (χ0n) is 22.5. The summed E-state index contributed by atoms with van der Waals surface area (Å²) in [6.45, 7) is 7.69. The van der Waals surface area contributed by atoms with Gasteiger partial charge in [-0.15, -0.1) is 0 Å². The normalized spacial score (nSPS) is 46.1. The number of esters is 2. The number of carbonyl (C=O) groups excluding carboxylic acids is 3. The van der Waals surface area contributed by atoms with Crippen LogP contribution in [0.2, 0.25) is 0 Å². The molecule has 208 valence electrons. The van der Waals surface area contributed by atoms with Crippen LogP contribution >= 0.6 is 0 Å². The summed E-state index contributed by atoms with van der Waals surface area (Å²) in [7, 11) is 0. The van der Waals surface area contributed by atoms with Crippen molar-refractivity contribution < 1.29 is 43.2 Å². The van der Waals surface area contributed by atoms with Gasteiger partial charge in [0, 0.05) is 23.8 Å². The highest BCUT2D eigenvalue weighted by Gasteiger charge is 2.83. The summed E-state index contributed by atoms with van der Waals surface area (Å²) in [5.41, 5.74) is -0.704. The highest BCUT2D eigenvalue weighted by atomic mass is 16.6. The van der Waals surface area contributed by atoms with Crippen molar-refractivity contribution in [3.8, 4) is 0 Å². The number of cyclic esters (lactones) is 1. The van der Waals surface area contributed by atoms with Crippen molar-refractivity contribution in [2.75, 3.05) is 19.8 Å². The van der Waals surface area contributed by atoms with E-state index in [4.69, 9.17) is 23.7 Å². The summed E-state index contributed by atoms with van der Waals surface area (Å²) in [6.07, 6.45) is 7.35. The Morgan fingerprint density at radius 2 is 1.89 bits per heavy atom. The molecule has 2 spiro atoms. The van der Waals surface area contributed by atoms with E-state index in [0.29, 0.717) is 19.4 Å². The quantitative estimate of drug-likeness (QED) is 0.310. The van der Waals surface area contributed by atoms with Gasteiger partial charge in [-0.25, -0.2) is 4.79 Å². The van der Waals surface area contributed by atoms with Crippen molar-refractivity contribution in [1.29, 1.82) is 0 Å². The van der Waals surface area contributed by atoms with Crippen molar-refractivity contribution in [2.24, 2.45) is 16.7 Å². The third-order valence-electron chi connectivity index (χ3n) is 9.53. The van der Waals surface area contributed by atoms with Crippen molar-refractivity contribution in [2.45, 2.75) is 89.5 Å². The third kappa shape index (κ3) is 4.37. The van der Waals surface area contributed by atoms with Gasteiger partial charge in [-0.1, -0.05) is 43.7 Å². The number of rotatable bonds is 1. The lowest BCUT2D eigenvalue weighted by atomic mass is 9.51. The number of epoxide rings is 1. The van der Waals surface area contributed by atoms with E-state index in [9.17, 15) is 19.5 Å². The molecule has 38 heavy (non-hydrogen) atoms. The number of ether oxygens (including phenoxy) is 5. The lowest BCUT2D eigenvalue weighted by Crippen LogP contribution is -2.66. The first-order valence-electron chi connectivity index (χ1n) is 13.5. The third-order valence-corrected chi connectivity index (χ3v) is 9.53. The molecule has 2 bridgehead atoms. The topological polar surface area (TPSA) is 121 Å². The molecule has 3 heterocycles. The van der Waals surface area contributed by atoms with Gasteiger partial charge in [0.1, 0.15) is 31.0 Å². The van der Waals surface area contributed by atoms with Crippen molar-refractivity contribution in [3.05, 3.63) is 36.0 Å². The summed E-state index contributed by atoms with van der Waals surface area (Å²) in [5, 5.41) is 10.0. The molecule has 0 aromatic rings. The van der Waals surface area contributed by atoms with Gasteiger partial charge in [-0.3, -0.25) is 9.59 Å². The number of hydrogen-bond acceptors (Lipinski definition) is 9. The molecule has 3 fully saturated rings. The fourth-order valence-corrected chi connectivity index (χ4v) is 6.93. The van der Waals surface area contributed by atoms with Gasteiger partial charge in [0.25, 0.3) is 0 Å². The number of hydrogen-bond donors (Lipinski definition) is 1. The van der Waals surface area contributed by atoms with Crippen LogP contribution in [0, 0.1) is 16.7 Å². The Morgan fingerprint density at radius 3 is 2.61 bits per heavy atom. The molecule has 0 aromatic carbocycles. The number of carbonyl (C=O) groups is 3. The standard InChI is InChI=1S/C29H38O9/c1-17-9-10-28-15-35-26(33)12-18(2)20(31)14-34-21(19(3)30)7-5-6-8-25(32)38-22-13-24(37-23(28)11-17)29(16-36-29)27(22,28)4/h5-8,11,18-19,21-24,30H,9-10,12-16H2,1-4H3/b7-5-,8-6-. The summed E-state index contributed by atoms with van der Waals surface area (Å²) < 4.78 is 30.3. The van der Waals surface area contributed by atoms with Crippen LogP contribution in [0.3, 0.4) is 0 Å². The summed E-state index contributed by atoms with van der Waals surface area (Å²) >= 11 is 0. The number of allylic oxidation sites excluding steroid dienone is 3. The van der Waals surface area contributed by atoms with E-state index >= 15 is 0 Å². The van der Waals surface area contributed by atoms with E-state index in [1.807, 2.05) is 0 Å². The average Bonchev–Trinajstić information content (AvgIpc) is 3.64. The highest BCUT2D eigenvalue weighted by Crippen LogP contribution is 2.72. The fourth-order valence-electron chi connectivity index (χ4n) is 6.93. The summed E-state index contributed by atoms with van der Waals surface area (Å²) in [6, 6.07) is 0. The molecule has 3 aliphatic heterocycles. The molecule has 2 saturated heterocycles. The maximum Gasteiger partial charge on any atom is 0.331 e. The molecular weight excluding hydrogens is 492 g/mol. The Labute approximate surface area is 223 Å². The van der Waals surface area contributed by atoms with Crippen LogP contribution < -0.4 is 0 Å². The first kappa shape index (κ1) is 27.2. The Bertz CT molecular complexity index is 1070. The van der Waals surface area contributed by atoms with Crippen LogP contribution in [0.5, 0.6) is 0 Å². The Balaban J connectivity index is 1.50. The number of aliphatic hydroxyl groups excluding tert-OH is 1. The molecule has 1 N–H and O–H groups in total. The minimum Gasteiger partial charge on any atom is -0.465 e. The Hall–Kier alpha value is -2.33. The zero-order chi connectivity index (χ0) is 27.3. The summed E-state index contributed by atoms with van der Waals surface area (Å²) in [4.78, 5) is 38.6. The van der Waals surface area contributed by atoms with Crippen molar-refractivity contribution in [3.63, 3.8) is 0 Å². The van der Waals surface area contributed by atoms with Gasteiger partial charge in [0.2, 0.25) is 0 Å². The molecule has 0 radical (unpaired) electrons. The largest absolute Gasteiger partial charge is 0.465 e. The van der Waals surface area contributed by atoms with E-state index < -0.39 is 52.6 Å². The zero-order valence-corrected chi connectivity index (χ0v) is 22.5. The number of aliphatic hydroxyl groups is 1. The number of Topliss-reactive ketones (excluding diaryl/α,β-unsaturated/α-hetero) is 1. The van der Waals surface area contributed by atoms with E-state index in [-0.39, 0.29) is 37.6 Å². The predicted octanol–water partition coefficient (Wildman–Crippen LogP) is 2.60. The van der Waals surface area contributed by atoms with Gasteiger partial charge in [0.15, 0.2) is 5.78 Å². The maximum absolute atomic E-state index is 13.0. The van der Waals surface area contributed by atoms with Crippen molar-refractivity contribution >= 4 is 17.7 Å². The van der Waals surface area contributed by atoms with Gasteiger partial charge in [-0.05, 0) is 26.7 Å². The predicted molar refractivity (Wildman–Crippen MR) is 135 cm³/mol. The lowest BCUT2D eigenvalue weighted by Gasteiger charge is -2.58. The molecule has 9 heteroatoms.